The molecule has 4 heteroatoms. The summed E-state index contributed by atoms with van der Waals surface area (Å²) >= 11 is 7.84. The minimum Gasteiger partial charge on any atom is -0.278 e. The molecule has 2 N–H and O–H groups in total. The van der Waals surface area contributed by atoms with E-state index < -0.39 is 0 Å². The first-order valence-electron chi connectivity index (χ1n) is 6.15. The second-order valence-corrected chi connectivity index (χ2v) is 5.99. The fraction of sp³-hybridized carbons (Fsp3) is 0.200. The van der Waals surface area contributed by atoms with Crippen molar-refractivity contribution in [3.8, 4) is 0 Å². The zero-order valence-electron chi connectivity index (χ0n) is 11.1. The average Bonchev–Trinajstić information content (AvgIpc) is 2.41. The van der Waals surface area contributed by atoms with E-state index >= 15 is 0 Å². The number of benzene rings is 2. The van der Waals surface area contributed by atoms with Gasteiger partial charge in [0, 0.05) is 9.92 Å². The molecule has 0 spiro atoms. The topological polar surface area (TPSA) is 29.3 Å². The molecule has 2 rings (SSSR count). The third kappa shape index (κ3) is 3.44. The van der Waals surface area contributed by atoms with Crippen molar-refractivity contribution in [1.82, 2.24) is 0 Å². The largest absolute Gasteiger partial charge is 0.278 e. The molecule has 0 unspecified atom stereocenters. The Morgan fingerprint density at radius 2 is 1.84 bits per heavy atom. The third-order valence-electron chi connectivity index (χ3n) is 2.79. The van der Waals surface area contributed by atoms with Gasteiger partial charge in [0.2, 0.25) is 0 Å². The number of hydrogen-bond donors (Lipinski definition) is 1. The Morgan fingerprint density at radius 1 is 1.16 bits per heavy atom. The van der Waals surface area contributed by atoms with Gasteiger partial charge in [-0.15, -0.1) is 11.8 Å². The molecular weight excluding hydrogens is 276 g/mol. The van der Waals surface area contributed by atoms with Crippen molar-refractivity contribution in [3.05, 3.63) is 53.1 Å². The van der Waals surface area contributed by atoms with Gasteiger partial charge in [0.25, 0.3) is 0 Å². The normalized spacial score (nSPS) is 10.5. The van der Waals surface area contributed by atoms with Crippen LogP contribution in [0.5, 0.6) is 0 Å². The zero-order chi connectivity index (χ0) is 13.8. The van der Waals surface area contributed by atoms with Crippen LogP contribution in [0.25, 0.3) is 0 Å². The molecule has 0 saturated heterocycles. The first-order chi connectivity index (χ1) is 9.11. The lowest BCUT2D eigenvalue weighted by Crippen LogP contribution is -2.25. The predicted molar refractivity (Wildman–Crippen MR) is 85.4 cm³/mol. The first-order valence-corrected chi connectivity index (χ1v) is 7.52. The molecule has 2 nitrogen and oxygen atoms in total. The van der Waals surface area contributed by atoms with E-state index in [9.17, 15) is 0 Å². The first kappa shape index (κ1) is 14.3. The number of nitrogens with zero attached hydrogens (tertiary/aromatic N) is 1. The number of nitrogens with two attached hydrogens (primary N) is 1. The highest BCUT2D eigenvalue weighted by Crippen LogP contribution is 2.34. The Morgan fingerprint density at radius 3 is 2.47 bits per heavy atom. The lowest BCUT2D eigenvalue weighted by Gasteiger charge is -2.22. The lowest BCUT2D eigenvalue weighted by atomic mass is 10.2. The van der Waals surface area contributed by atoms with Crippen LogP contribution in [0.4, 0.5) is 11.4 Å². The number of rotatable bonds is 4. The van der Waals surface area contributed by atoms with Crippen LogP contribution >= 0.6 is 23.4 Å². The molecule has 0 aliphatic heterocycles. The Bertz CT molecular complexity index is 555. The number of aryl methyl sites for hydroxylation is 1. The maximum atomic E-state index is 6.23. The summed E-state index contributed by atoms with van der Waals surface area (Å²) in [5.74, 6) is 7.22. The molecule has 0 aliphatic carbocycles. The Kier molecular flexibility index (Phi) is 4.75. The summed E-state index contributed by atoms with van der Waals surface area (Å²) in [6.07, 6.45) is 0. The van der Waals surface area contributed by atoms with Gasteiger partial charge in [0.05, 0.1) is 11.4 Å². The van der Waals surface area contributed by atoms with E-state index in [1.807, 2.05) is 42.5 Å². The maximum Gasteiger partial charge on any atom is 0.0725 e. The van der Waals surface area contributed by atoms with E-state index in [2.05, 4.69) is 13.8 Å². The van der Waals surface area contributed by atoms with E-state index in [1.165, 1.54) is 5.56 Å². The number of hydrogen-bond acceptors (Lipinski definition) is 3. The van der Waals surface area contributed by atoms with Crippen molar-refractivity contribution < 1.29 is 0 Å². The van der Waals surface area contributed by atoms with Crippen molar-refractivity contribution in [2.75, 3.05) is 10.8 Å². The molecular formula is C15H17ClN2S. The SMILES string of the molecule is CCSc1ccc(Cl)cc1N(N)c1ccc(C)cc1. The predicted octanol–water partition coefficient (Wildman–Crippen LogP) is 4.77. The van der Waals surface area contributed by atoms with Crippen molar-refractivity contribution in [2.45, 2.75) is 18.7 Å². The lowest BCUT2D eigenvalue weighted by molar-refractivity contribution is 1.06. The van der Waals surface area contributed by atoms with E-state index in [0.29, 0.717) is 5.02 Å². The molecule has 0 amide bonds. The number of thioether (sulfide) groups is 1. The minimum absolute atomic E-state index is 0.693. The zero-order valence-corrected chi connectivity index (χ0v) is 12.6. The molecule has 0 aromatic heterocycles. The molecule has 0 fully saturated rings. The molecule has 100 valence electrons. The Labute approximate surface area is 123 Å². The Hall–Kier alpha value is -1.16. The van der Waals surface area contributed by atoms with Gasteiger partial charge in [-0.3, -0.25) is 5.01 Å². The molecule has 2 aromatic carbocycles. The smallest absolute Gasteiger partial charge is 0.0725 e. The summed E-state index contributed by atoms with van der Waals surface area (Å²) in [5.41, 5.74) is 3.10. The average molecular weight is 293 g/mol. The molecule has 0 bridgehead atoms. The van der Waals surface area contributed by atoms with Crippen LogP contribution in [0.15, 0.2) is 47.4 Å². The van der Waals surface area contributed by atoms with Gasteiger partial charge in [-0.05, 0) is 43.0 Å². The molecule has 2 aromatic rings. The molecule has 0 aliphatic rings. The molecule has 0 atom stereocenters. The molecule has 0 radical (unpaired) electrons. The maximum absolute atomic E-state index is 6.23. The van der Waals surface area contributed by atoms with Crippen LogP contribution < -0.4 is 10.9 Å². The van der Waals surface area contributed by atoms with Crippen LogP contribution in [0, 0.1) is 6.92 Å². The summed E-state index contributed by atoms with van der Waals surface area (Å²) in [5, 5.41) is 2.38. The molecule has 0 saturated carbocycles. The fourth-order valence-electron chi connectivity index (χ4n) is 1.80. The quantitative estimate of drug-likeness (QED) is 0.500. The summed E-state index contributed by atoms with van der Waals surface area (Å²) in [6, 6.07) is 13.9. The van der Waals surface area contributed by atoms with Gasteiger partial charge < -0.3 is 0 Å². The highest BCUT2D eigenvalue weighted by Gasteiger charge is 2.11. The van der Waals surface area contributed by atoms with Crippen LogP contribution in [0.1, 0.15) is 12.5 Å². The monoisotopic (exact) mass is 292 g/mol. The number of hydrazine groups is 1. The number of halogens is 1. The number of anilines is 2. The van der Waals surface area contributed by atoms with Crippen molar-refractivity contribution in [3.63, 3.8) is 0 Å². The highest BCUT2D eigenvalue weighted by atomic mass is 35.5. The van der Waals surface area contributed by atoms with E-state index in [0.717, 1.165) is 22.0 Å². The fourth-order valence-corrected chi connectivity index (χ4v) is 2.75. The molecule has 0 heterocycles. The van der Waals surface area contributed by atoms with Crippen LogP contribution in [0.3, 0.4) is 0 Å². The van der Waals surface area contributed by atoms with Gasteiger partial charge in [-0.25, -0.2) is 5.84 Å². The Balaban J connectivity index is 2.39. The molecule has 19 heavy (non-hydrogen) atoms. The van der Waals surface area contributed by atoms with Gasteiger partial charge >= 0.3 is 0 Å². The highest BCUT2D eigenvalue weighted by molar-refractivity contribution is 7.99. The van der Waals surface area contributed by atoms with Gasteiger partial charge in [0.15, 0.2) is 0 Å². The van der Waals surface area contributed by atoms with Crippen molar-refractivity contribution in [2.24, 2.45) is 5.84 Å². The second-order valence-electron chi connectivity index (χ2n) is 4.25. The third-order valence-corrected chi connectivity index (χ3v) is 3.97. The van der Waals surface area contributed by atoms with Crippen LogP contribution in [-0.4, -0.2) is 5.75 Å². The minimum atomic E-state index is 0.693. The van der Waals surface area contributed by atoms with Crippen LogP contribution in [0.2, 0.25) is 5.02 Å². The summed E-state index contributed by atoms with van der Waals surface area (Å²) in [6.45, 7) is 4.18. The van der Waals surface area contributed by atoms with Crippen LogP contribution in [-0.2, 0) is 0 Å². The van der Waals surface area contributed by atoms with Gasteiger partial charge in [-0.2, -0.15) is 0 Å². The van der Waals surface area contributed by atoms with E-state index in [1.54, 1.807) is 16.8 Å². The second kappa shape index (κ2) is 6.33. The van der Waals surface area contributed by atoms with E-state index in [-0.39, 0.29) is 0 Å². The van der Waals surface area contributed by atoms with Gasteiger partial charge in [-0.1, -0.05) is 36.2 Å². The van der Waals surface area contributed by atoms with E-state index in [4.69, 9.17) is 17.4 Å². The van der Waals surface area contributed by atoms with Gasteiger partial charge in [0.1, 0.15) is 0 Å². The standard InChI is InChI=1S/C15H17ClN2S/c1-3-19-15-9-6-12(16)10-14(15)18(17)13-7-4-11(2)5-8-13/h4-10H,3,17H2,1-2H3. The van der Waals surface area contributed by atoms with Crippen molar-refractivity contribution >= 4 is 34.7 Å². The summed E-state index contributed by atoms with van der Waals surface area (Å²) < 4.78 is 0. The van der Waals surface area contributed by atoms with Crippen molar-refractivity contribution in [1.29, 1.82) is 0 Å². The summed E-state index contributed by atoms with van der Waals surface area (Å²) in [4.78, 5) is 1.13. The summed E-state index contributed by atoms with van der Waals surface area (Å²) in [7, 11) is 0.